The number of aliphatic hydroxyl groups excluding tert-OH is 7. The molecule has 0 saturated heterocycles. The van der Waals surface area contributed by atoms with E-state index in [2.05, 4.69) is 74.6 Å². The zero-order valence-corrected chi connectivity index (χ0v) is 38.2. The van der Waals surface area contributed by atoms with Crippen molar-refractivity contribution in [2.75, 3.05) is 13.2 Å². The molecule has 0 heterocycles. The second kappa shape index (κ2) is 36.2. The Morgan fingerprint density at radius 2 is 1.02 bits per heavy atom. The van der Waals surface area contributed by atoms with Crippen LogP contribution in [0.4, 0.5) is 0 Å². The van der Waals surface area contributed by atoms with E-state index in [1.807, 2.05) is 18.2 Å². The molecular weight excluding hydrogens is 835 g/mol. The minimum Gasteiger partial charge on any atom is -0.462 e. The fourth-order valence-corrected chi connectivity index (χ4v) is 7.18. The minimum absolute atomic E-state index is 0.0593. The number of carbonyl (C=O) groups excluding carboxylic acids is 2. The van der Waals surface area contributed by atoms with Crippen molar-refractivity contribution in [2.45, 2.75) is 184 Å². The van der Waals surface area contributed by atoms with Gasteiger partial charge in [0, 0.05) is 12.8 Å². The number of unbranched alkanes of at least 4 members (excludes halogenated alkanes) is 5. The van der Waals surface area contributed by atoms with Crippen LogP contribution in [0.15, 0.2) is 85.1 Å². The number of rotatable bonds is 35. The zero-order chi connectivity index (χ0) is 46.7. The van der Waals surface area contributed by atoms with Crippen LogP contribution in [-0.2, 0) is 32.7 Å². The summed E-state index contributed by atoms with van der Waals surface area (Å²) in [5.41, 5.74) is 0. The van der Waals surface area contributed by atoms with Crippen molar-refractivity contribution in [2.24, 2.45) is 0 Å². The zero-order valence-electron chi connectivity index (χ0n) is 37.3. The fraction of sp³-hybridized carbons (Fsp3) is 0.660. The van der Waals surface area contributed by atoms with Crippen LogP contribution >= 0.6 is 7.82 Å². The molecular formula is C47H77O15P. The van der Waals surface area contributed by atoms with Gasteiger partial charge in [-0.15, -0.1) is 0 Å². The summed E-state index contributed by atoms with van der Waals surface area (Å²) in [5.74, 6) is -1.42. The summed E-state index contributed by atoms with van der Waals surface area (Å²) in [5, 5.41) is 70.9. The normalized spacial score (nSPS) is 23.5. The Labute approximate surface area is 374 Å². The van der Waals surface area contributed by atoms with E-state index in [-0.39, 0.29) is 32.1 Å². The van der Waals surface area contributed by atoms with E-state index >= 15 is 0 Å². The molecule has 360 valence electrons. The van der Waals surface area contributed by atoms with E-state index in [4.69, 9.17) is 18.5 Å². The first kappa shape index (κ1) is 58.0. The van der Waals surface area contributed by atoms with Crippen molar-refractivity contribution in [1.82, 2.24) is 0 Å². The van der Waals surface area contributed by atoms with Crippen molar-refractivity contribution in [3.63, 3.8) is 0 Å². The van der Waals surface area contributed by atoms with Gasteiger partial charge in [-0.05, 0) is 83.5 Å². The molecule has 1 aliphatic rings. The van der Waals surface area contributed by atoms with Gasteiger partial charge in [0.25, 0.3) is 0 Å². The van der Waals surface area contributed by atoms with Crippen molar-refractivity contribution in [3.8, 4) is 0 Å². The summed E-state index contributed by atoms with van der Waals surface area (Å²) in [6.45, 7) is 2.79. The Balaban J connectivity index is 2.61. The Morgan fingerprint density at radius 3 is 1.57 bits per heavy atom. The van der Waals surface area contributed by atoms with Crippen LogP contribution in [-0.4, -0.2) is 121 Å². The third-order valence-corrected chi connectivity index (χ3v) is 10.9. The molecule has 0 aromatic carbocycles. The fourth-order valence-electron chi connectivity index (χ4n) is 6.21. The standard InChI is InChI=1S/C47H77O15P/c1-3-5-7-9-11-13-15-17-18-19-21-23-25-27-29-33-40(50)59-35-37(36-60-63(57,58)62-47-45(55)43(53)42(52)44(54)46(47)56)61-41(51)34-30-32-39(49)38(48)31-28-26-24-22-20-16-14-12-10-8-6-4-2/h5-8,11-14,17-18,20,22,26,28,37-39,42-49,52-56H,3-4,9-10,15-16,19,21,23-25,27,29-36H2,1-2H3,(H,57,58)/b7-5-,8-6-,13-11-,14-12-,18-17-,22-20-,28-26-/t37-,38-,39-,42?,43-,44+,45-,46-,47?/m1/s1. The molecule has 0 aromatic heterocycles. The third kappa shape index (κ3) is 28.5. The maximum Gasteiger partial charge on any atom is 0.472 e. The number of ether oxygens (including phenoxy) is 2. The van der Waals surface area contributed by atoms with Gasteiger partial charge in [-0.25, -0.2) is 4.57 Å². The van der Waals surface area contributed by atoms with Crippen LogP contribution in [0.3, 0.4) is 0 Å². The van der Waals surface area contributed by atoms with E-state index in [1.54, 1.807) is 6.08 Å². The molecule has 0 aliphatic heterocycles. The Morgan fingerprint density at radius 1 is 0.556 bits per heavy atom. The molecule has 1 rings (SSSR count). The van der Waals surface area contributed by atoms with Gasteiger partial charge in [0.15, 0.2) is 6.10 Å². The van der Waals surface area contributed by atoms with Gasteiger partial charge in [-0.2, -0.15) is 0 Å². The van der Waals surface area contributed by atoms with Gasteiger partial charge in [-0.1, -0.05) is 118 Å². The largest absolute Gasteiger partial charge is 0.472 e. The van der Waals surface area contributed by atoms with Gasteiger partial charge < -0.3 is 50.1 Å². The van der Waals surface area contributed by atoms with Crippen LogP contribution in [0, 0.1) is 0 Å². The number of hydrogen-bond donors (Lipinski definition) is 8. The predicted molar refractivity (Wildman–Crippen MR) is 242 cm³/mol. The lowest BCUT2D eigenvalue weighted by atomic mass is 9.85. The van der Waals surface area contributed by atoms with Crippen LogP contribution in [0.2, 0.25) is 0 Å². The molecule has 15 nitrogen and oxygen atoms in total. The molecule has 0 amide bonds. The quantitative estimate of drug-likeness (QED) is 0.0148. The SMILES string of the molecule is CC/C=C\C/C=C\C/C=C\C/C=C\C[C@@H](O)[C@H](O)CCCC(=O)O[C@H](COC(=O)CCCCCCC/C=C\C/C=C\C/C=C\CC)COP(=O)(O)OC1[C@H](O)[C@H](O)C(O)[C@H](O)[C@H]1O. The maximum atomic E-state index is 12.8. The van der Waals surface area contributed by atoms with Crippen molar-refractivity contribution < 1.29 is 73.3 Å². The van der Waals surface area contributed by atoms with Crippen LogP contribution in [0.25, 0.3) is 0 Å². The predicted octanol–water partition coefficient (Wildman–Crippen LogP) is 6.44. The molecule has 0 radical (unpaired) electrons. The number of aliphatic hydroxyl groups is 7. The van der Waals surface area contributed by atoms with Crippen molar-refractivity contribution >= 4 is 19.8 Å². The van der Waals surface area contributed by atoms with Crippen molar-refractivity contribution in [3.05, 3.63) is 85.1 Å². The number of phosphoric ester groups is 1. The average Bonchev–Trinajstić information content (AvgIpc) is 3.26. The topological polar surface area (TPSA) is 250 Å². The molecule has 16 heteroatoms. The molecule has 0 spiro atoms. The molecule has 0 bridgehead atoms. The highest BCUT2D eigenvalue weighted by atomic mass is 31.2. The first-order valence-electron chi connectivity index (χ1n) is 22.6. The maximum absolute atomic E-state index is 12.8. The van der Waals surface area contributed by atoms with E-state index in [0.717, 1.165) is 70.6 Å². The molecule has 1 saturated carbocycles. The molecule has 0 aromatic rings. The van der Waals surface area contributed by atoms with E-state index in [1.165, 1.54) is 0 Å². The highest BCUT2D eigenvalue weighted by Crippen LogP contribution is 2.47. The van der Waals surface area contributed by atoms with E-state index in [9.17, 15) is 54.8 Å². The third-order valence-electron chi connectivity index (χ3n) is 9.93. The number of allylic oxidation sites excluding steroid dienone is 13. The minimum atomic E-state index is -5.21. The second-order valence-corrected chi connectivity index (χ2v) is 16.9. The second-order valence-electron chi connectivity index (χ2n) is 15.4. The van der Waals surface area contributed by atoms with Gasteiger partial charge in [0.1, 0.15) is 43.2 Å². The summed E-state index contributed by atoms with van der Waals surface area (Å²) < 4.78 is 33.3. The molecule has 1 aliphatic carbocycles. The number of carbonyl (C=O) groups is 2. The Bertz CT molecular complexity index is 1460. The van der Waals surface area contributed by atoms with Crippen LogP contribution in [0.5, 0.6) is 0 Å². The first-order valence-corrected chi connectivity index (χ1v) is 24.1. The monoisotopic (exact) mass is 913 g/mol. The summed E-state index contributed by atoms with van der Waals surface area (Å²) in [6, 6.07) is 0. The summed E-state index contributed by atoms with van der Waals surface area (Å²) in [7, 11) is -5.21. The van der Waals surface area contributed by atoms with Gasteiger partial charge in [0.2, 0.25) is 0 Å². The van der Waals surface area contributed by atoms with Gasteiger partial charge in [0.05, 0.1) is 18.8 Å². The van der Waals surface area contributed by atoms with E-state index in [0.29, 0.717) is 12.8 Å². The molecule has 63 heavy (non-hydrogen) atoms. The van der Waals surface area contributed by atoms with E-state index < -0.39 is 87.9 Å². The smallest absolute Gasteiger partial charge is 0.462 e. The number of hydrogen-bond acceptors (Lipinski definition) is 14. The molecule has 1 fully saturated rings. The number of esters is 2. The highest BCUT2D eigenvalue weighted by molar-refractivity contribution is 7.47. The Hall–Kier alpha value is -3.05. The first-order chi connectivity index (χ1) is 30.2. The average molecular weight is 913 g/mol. The molecule has 3 unspecified atom stereocenters. The van der Waals surface area contributed by atoms with Crippen LogP contribution in [0.1, 0.15) is 129 Å². The lowest BCUT2D eigenvalue weighted by Gasteiger charge is -2.41. The molecule has 8 N–H and O–H groups in total. The lowest BCUT2D eigenvalue weighted by Crippen LogP contribution is -2.64. The Kier molecular flexibility index (Phi) is 33.3. The highest BCUT2D eigenvalue weighted by Gasteiger charge is 2.51. The summed E-state index contributed by atoms with van der Waals surface area (Å²) in [6.07, 6.45) is 25.0. The lowest BCUT2D eigenvalue weighted by molar-refractivity contribution is -0.220. The van der Waals surface area contributed by atoms with Crippen LogP contribution < -0.4 is 0 Å². The van der Waals surface area contributed by atoms with Crippen molar-refractivity contribution in [1.29, 1.82) is 0 Å². The number of phosphoric acid groups is 1. The summed E-state index contributed by atoms with van der Waals surface area (Å²) >= 11 is 0. The molecule has 10 atom stereocenters. The summed E-state index contributed by atoms with van der Waals surface area (Å²) in [4.78, 5) is 35.7. The van der Waals surface area contributed by atoms with Gasteiger partial charge in [-0.3, -0.25) is 18.6 Å². The van der Waals surface area contributed by atoms with Gasteiger partial charge >= 0.3 is 19.8 Å².